The van der Waals surface area contributed by atoms with Crippen LogP contribution in [-0.2, 0) is 4.74 Å². The van der Waals surface area contributed by atoms with Gasteiger partial charge >= 0.3 is 5.97 Å². The molecule has 2 aromatic rings. The highest BCUT2D eigenvalue weighted by atomic mass is 16.5. The van der Waals surface area contributed by atoms with Gasteiger partial charge in [-0.05, 0) is 25.1 Å². The van der Waals surface area contributed by atoms with Crippen LogP contribution in [0.15, 0.2) is 30.3 Å². The van der Waals surface area contributed by atoms with Crippen molar-refractivity contribution in [1.82, 2.24) is 9.97 Å². The molecule has 0 N–H and O–H groups in total. The Morgan fingerprint density at radius 3 is 2.76 bits per heavy atom. The molecule has 6 nitrogen and oxygen atoms in total. The smallest absolute Gasteiger partial charge is 0.376 e. The number of carbonyl (C=O) groups excluding carboxylic acids is 1. The highest BCUT2D eigenvalue weighted by Crippen LogP contribution is 2.23. The molecule has 0 aliphatic carbocycles. The summed E-state index contributed by atoms with van der Waals surface area (Å²) in [5, 5.41) is 8.95. The Morgan fingerprint density at radius 2 is 2.10 bits per heavy atom. The summed E-state index contributed by atoms with van der Waals surface area (Å²) in [5.74, 6) is -0.0205. The number of rotatable bonds is 3. The van der Waals surface area contributed by atoms with Crippen LogP contribution in [0.25, 0.3) is 0 Å². The van der Waals surface area contributed by atoms with E-state index in [-0.39, 0.29) is 5.82 Å². The fraction of sp³-hybridized carbons (Fsp3) is 0.200. The van der Waals surface area contributed by atoms with Gasteiger partial charge < -0.3 is 9.64 Å². The zero-order chi connectivity index (χ0) is 15.4. The molecule has 2 rings (SSSR count). The summed E-state index contributed by atoms with van der Waals surface area (Å²) < 4.78 is 4.64. The minimum absolute atomic E-state index is 0.00999. The lowest BCUT2D eigenvalue weighted by Crippen LogP contribution is -2.16. The molecule has 0 aliphatic heterocycles. The first-order valence-corrected chi connectivity index (χ1v) is 6.23. The Balaban J connectivity index is 2.43. The number of aromatic nitrogens is 2. The maximum absolute atomic E-state index is 11.6. The van der Waals surface area contributed by atoms with Crippen molar-refractivity contribution in [2.24, 2.45) is 0 Å². The van der Waals surface area contributed by atoms with Crippen molar-refractivity contribution in [3.63, 3.8) is 0 Å². The zero-order valence-corrected chi connectivity index (χ0v) is 12.0. The van der Waals surface area contributed by atoms with Gasteiger partial charge in [-0.1, -0.05) is 6.07 Å². The third-order valence-corrected chi connectivity index (χ3v) is 2.91. The van der Waals surface area contributed by atoms with Crippen molar-refractivity contribution in [3.05, 3.63) is 47.4 Å². The molecule has 1 aromatic heterocycles. The van der Waals surface area contributed by atoms with Gasteiger partial charge in [0.2, 0.25) is 5.82 Å². The third-order valence-electron chi connectivity index (χ3n) is 2.91. The molecule has 6 heteroatoms. The molecule has 21 heavy (non-hydrogen) atoms. The van der Waals surface area contributed by atoms with Gasteiger partial charge in [0.15, 0.2) is 0 Å². The van der Waals surface area contributed by atoms with Crippen molar-refractivity contribution in [1.29, 1.82) is 5.26 Å². The quantitative estimate of drug-likeness (QED) is 0.803. The first kappa shape index (κ1) is 14.5. The number of anilines is 2. The van der Waals surface area contributed by atoms with Crippen LogP contribution < -0.4 is 4.90 Å². The van der Waals surface area contributed by atoms with E-state index in [1.165, 1.54) is 7.11 Å². The van der Waals surface area contributed by atoms with Gasteiger partial charge in [-0.2, -0.15) is 5.26 Å². The van der Waals surface area contributed by atoms with E-state index in [0.29, 0.717) is 17.1 Å². The number of esters is 1. The molecular weight excluding hydrogens is 268 g/mol. The standard InChI is InChI=1S/C15H14N4O2/c1-10-7-13(18-14(17-10)15(20)21-3)19(2)12-6-4-5-11(8-12)9-16/h4-8H,1-3H3. The summed E-state index contributed by atoms with van der Waals surface area (Å²) in [5.41, 5.74) is 2.00. The average Bonchev–Trinajstić information content (AvgIpc) is 2.52. The number of ether oxygens (including phenoxy) is 1. The van der Waals surface area contributed by atoms with Crippen molar-refractivity contribution >= 4 is 17.5 Å². The number of aryl methyl sites for hydroxylation is 1. The number of nitrogens with zero attached hydrogens (tertiary/aromatic N) is 4. The van der Waals surface area contributed by atoms with E-state index in [1.807, 2.05) is 6.07 Å². The molecule has 0 unspecified atom stereocenters. The molecule has 1 heterocycles. The first-order valence-electron chi connectivity index (χ1n) is 6.23. The van der Waals surface area contributed by atoms with Gasteiger partial charge in [0.05, 0.1) is 18.7 Å². The topological polar surface area (TPSA) is 79.1 Å². The SMILES string of the molecule is COC(=O)c1nc(C)cc(N(C)c2cccc(C#N)c2)n1. The van der Waals surface area contributed by atoms with E-state index in [4.69, 9.17) is 5.26 Å². The summed E-state index contributed by atoms with van der Waals surface area (Å²) in [4.78, 5) is 21.6. The third kappa shape index (κ3) is 3.15. The zero-order valence-electron chi connectivity index (χ0n) is 12.0. The van der Waals surface area contributed by atoms with Crippen LogP contribution in [0.2, 0.25) is 0 Å². The summed E-state index contributed by atoms with van der Waals surface area (Å²) in [7, 11) is 3.09. The highest BCUT2D eigenvalue weighted by molar-refractivity contribution is 5.85. The predicted octanol–water partition coefficient (Wildman–Crippen LogP) is 2.21. The number of carbonyl (C=O) groups is 1. The fourth-order valence-electron chi connectivity index (χ4n) is 1.82. The molecular formula is C15H14N4O2. The monoisotopic (exact) mass is 282 g/mol. The van der Waals surface area contributed by atoms with E-state index < -0.39 is 5.97 Å². The molecule has 1 aromatic carbocycles. The molecule has 0 radical (unpaired) electrons. The second-order valence-corrected chi connectivity index (χ2v) is 4.40. The average molecular weight is 282 g/mol. The van der Waals surface area contributed by atoms with E-state index in [1.54, 1.807) is 43.1 Å². The van der Waals surface area contributed by atoms with Gasteiger partial charge in [0.1, 0.15) is 5.82 Å². The number of hydrogen-bond acceptors (Lipinski definition) is 6. The Kier molecular flexibility index (Phi) is 4.14. The Morgan fingerprint density at radius 1 is 1.33 bits per heavy atom. The highest BCUT2D eigenvalue weighted by Gasteiger charge is 2.14. The molecule has 0 spiro atoms. The van der Waals surface area contributed by atoms with Gasteiger partial charge in [0.25, 0.3) is 0 Å². The van der Waals surface area contributed by atoms with Crippen LogP contribution in [0.1, 0.15) is 21.9 Å². The molecule has 0 fully saturated rings. The van der Waals surface area contributed by atoms with Crippen LogP contribution in [-0.4, -0.2) is 30.1 Å². The summed E-state index contributed by atoms with van der Waals surface area (Å²) >= 11 is 0. The van der Waals surface area contributed by atoms with Crippen molar-refractivity contribution in [2.75, 3.05) is 19.1 Å². The molecule has 0 amide bonds. The molecule has 106 valence electrons. The lowest BCUT2D eigenvalue weighted by atomic mass is 10.2. The predicted molar refractivity (Wildman–Crippen MR) is 77.3 cm³/mol. The van der Waals surface area contributed by atoms with E-state index in [0.717, 1.165) is 5.69 Å². The number of methoxy groups -OCH3 is 1. The molecule has 0 bridgehead atoms. The van der Waals surface area contributed by atoms with Crippen LogP contribution in [0.5, 0.6) is 0 Å². The Labute approximate surface area is 122 Å². The number of nitriles is 1. The Bertz CT molecular complexity index is 722. The van der Waals surface area contributed by atoms with E-state index in [2.05, 4.69) is 20.8 Å². The van der Waals surface area contributed by atoms with Gasteiger partial charge in [-0.25, -0.2) is 14.8 Å². The van der Waals surface area contributed by atoms with Crippen molar-refractivity contribution in [2.45, 2.75) is 6.92 Å². The van der Waals surface area contributed by atoms with Crippen molar-refractivity contribution in [3.8, 4) is 6.07 Å². The summed E-state index contributed by atoms with van der Waals surface area (Å²) in [6.45, 7) is 1.77. The normalized spacial score (nSPS) is 9.81. The molecule has 0 saturated heterocycles. The van der Waals surface area contributed by atoms with Gasteiger partial charge in [0, 0.05) is 24.5 Å². The van der Waals surface area contributed by atoms with Crippen LogP contribution in [0.3, 0.4) is 0 Å². The number of hydrogen-bond donors (Lipinski definition) is 0. The minimum Gasteiger partial charge on any atom is -0.463 e. The lowest BCUT2D eigenvalue weighted by molar-refractivity contribution is 0.0586. The maximum atomic E-state index is 11.6. The van der Waals surface area contributed by atoms with E-state index >= 15 is 0 Å². The lowest BCUT2D eigenvalue weighted by Gasteiger charge is -2.19. The minimum atomic E-state index is -0.584. The first-order chi connectivity index (χ1) is 10.0. The molecule has 0 atom stereocenters. The van der Waals surface area contributed by atoms with Gasteiger partial charge in [-0.15, -0.1) is 0 Å². The summed E-state index contributed by atoms with van der Waals surface area (Å²) in [6, 6.07) is 11.0. The largest absolute Gasteiger partial charge is 0.463 e. The Hall–Kier alpha value is -2.94. The summed E-state index contributed by atoms with van der Waals surface area (Å²) in [6.07, 6.45) is 0. The van der Waals surface area contributed by atoms with Crippen molar-refractivity contribution < 1.29 is 9.53 Å². The van der Waals surface area contributed by atoms with Gasteiger partial charge in [-0.3, -0.25) is 0 Å². The van der Waals surface area contributed by atoms with Crippen LogP contribution in [0.4, 0.5) is 11.5 Å². The fourth-order valence-corrected chi connectivity index (χ4v) is 1.82. The maximum Gasteiger partial charge on any atom is 0.376 e. The van der Waals surface area contributed by atoms with E-state index in [9.17, 15) is 4.79 Å². The second-order valence-electron chi connectivity index (χ2n) is 4.40. The number of benzene rings is 1. The van der Waals surface area contributed by atoms with Crippen LogP contribution >= 0.6 is 0 Å². The molecule has 0 saturated carbocycles. The van der Waals surface area contributed by atoms with Crippen LogP contribution in [0, 0.1) is 18.3 Å². The molecule has 0 aliphatic rings. The second kappa shape index (κ2) is 6.01.